The summed E-state index contributed by atoms with van der Waals surface area (Å²) >= 11 is 0. The Bertz CT molecular complexity index is 348. The zero-order valence-corrected chi connectivity index (χ0v) is 9.65. The molecule has 0 aromatic carbocycles. The van der Waals surface area contributed by atoms with Crippen molar-refractivity contribution in [2.24, 2.45) is 0 Å². The summed E-state index contributed by atoms with van der Waals surface area (Å²) in [6.07, 6.45) is 6.49. The third-order valence-corrected chi connectivity index (χ3v) is 2.93. The molecule has 0 amide bonds. The van der Waals surface area contributed by atoms with E-state index < -0.39 is 0 Å². The molecule has 0 bridgehead atoms. The third-order valence-electron chi connectivity index (χ3n) is 2.93. The summed E-state index contributed by atoms with van der Waals surface area (Å²) in [5.74, 6) is 1.28. The number of methoxy groups -OCH3 is 1. The van der Waals surface area contributed by atoms with Gasteiger partial charge in [-0.25, -0.2) is 4.98 Å². The minimum Gasteiger partial charge on any atom is -0.479 e. The first-order chi connectivity index (χ1) is 7.83. The predicted molar refractivity (Wildman–Crippen MR) is 63.7 cm³/mol. The summed E-state index contributed by atoms with van der Waals surface area (Å²) in [4.78, 5) is 10.5. The molecule has 0 saturated carbocycles. The van der Waals surface area contributed by atoms with Crippen molar-refractivity contribution in [3.8, 4) is 5.88 Å². The van der Waals surface area contributed by atoms with Crippen LogP contribution in [0.1, 0.15) is 25.7 Å². The number of ether oxygens (including phenoxy) is 1. The maximum atomic E-state index is 5.98. The second-order valence-corrected chi connectivity index (χ2v) is 4.02. The Balaban J connectivity index is 2.24. The lowest BCUT2D eigenvalue weighted by molar-refractivity contribution is 0.399. The van der Waals surface area contributed by atoms with Crippen molar-refractivity contribution in [1.82, 2.24) is 9.97 Å². The first kappa shape index (κ1) is 11.0. The van der Waals surface area contributed by atoms with Gasteiger partial charge in [-0.05, 0) is 12.8 Å². The molecule has 2 N–H and O–H groups in total. The average Bonchev–Trinajstić information content (AvgIpc) is 2.58. The quantitative estimate of drug-likeness (QED) is 0.820. The lowest BCUT2D eigenvalue weighted by Crippen LogP contribution is -2.26. The second kappa shape index (κ2) is 5.01. The van der Waals surface area contributed by atoms with Crippen LogP contribution in [0.25, 0.3) is 0 Å². The first-order valence-corrected chi connectivity index (χ1v) is 5.72. The van der Waals surface area contributed by atoms with Gasteiger partial charge < -0.3 is 15.4 Å². The van der Waals surface area contributed by atoms with Gasteiger partial charge in [0.05, 0.1) is 7.11 Å². The van der Waals surface area contributed by atoms with E-state index in [0.717, 1.165) is 18.9 Å². The van der Waals surface area contributed by atoms with Crippen molar-refractivity contribution < 1.29 is 4.74 Å². The van der Waals surface area contributed by atoms with Gasteiger partial charge in [-0.1, -0.05) is 12.8 Å². The van der Waals surface area contributed by atoms with Crippen molar-refractivity contribution in [1.29, 1.82) is 0 Å². The first-order valence-electron chi connectivity index (χ1n) is 5.72. The fourth-order valence-electron chi connectivity index (χ4n) is 2.07. The molecule has 1 aromatic rings. The van der Waals surface area contributed by atoms with Gasteiger partial charge in [0.1, 0.15) is 12.0 Å². The Morgan fingerprint density at radius 1 is 1.19 bits per heavy atom. The number of nitrogens with two attached hydrogens (primary N) is 1. The summed E-state index contributed by atoms with van der Waals surface area (Å²) in [5, 5.41) is 0. The minimum absolute atomic E-state index is 0.467. The molecule has 5 nitrogen and oxygen atoms in total. The summed E-state index contributed by atoms with van der Waals surface area (Å²) in [7, 11) is 1.57. The molecular formula is C11H18N4O. The molecule has 0 radical (unpaired) electrons. The fraction of sp³-hybridized carbons (Fsp3) is 0.636. The number of nitrogens with zero attached hydrogens (tertiary/aromatic N) is 3. The normalized spacial score (nSPS) is 16.9. The molecule has 0 spiro atoms. The molecule has 16 heavy (non-hydrogen) atoms. The van der Waals surface area contributed by atoms with Crippen LogP contribution < -0.4 is 15.4 Å². The summed E-state index contributed by atoms with van der Waals surface area (Å²) < 4.78 is 5.10. The Morgan fingerprint density at radius 3 is 2.50 bits per heavy atom. The Kier molecular flexibility index (Phi) is 3.44. The third kappa shape index (κ3) is 2.18. The molecule has 0 unspecified atom stereocenters. The minimum atomic E-state index is 0.467. The Hall–Kier alpha value is -1.52. The molecule has 2 heterocycles. The number of rotatable bonds is 2. The van der Waals surface area contributed by atoms with Crippen LogP contribution in [0.3, 0.4) is 0 Å². The number of nitrogen functional groups attached to an aromatic ring is 1. The second-order valence-electron chi connectivity index (χ2n) is 4.02. The van der Waals surface area contributed by atoms with Crippen LogP contribution in [0.5, 0.6) is 5.88 Å². The molecule has 88 valence electrons. The average molecular weight is 222 g/mol. The van der Waals surface area contributed by atoms with Gasteiger partial charge in [-0.3, -0.25) is 0 Å². The lowest BCUT2D eigenvalue weighted by atomic mass is 10.2. The maximum absolute atomic E-state index is 5.98. The monoisotopic (exact) mass is 222 g/mol. The molecular weight excluding hydrogens is 204 g/mol. The predicted octanol–water partition coefficient (Wildman–Crippen LogP) is 1.45. The van der Waals surface area contributed by atoms with Crippen molar-refractivity contribution in [2.75, 3.05) is 30.8 Å². The van der Waals surface area contributed by atoms with Gasteiger partial charge in [0, 0.05) is 13.1 Å². The van der Waals surface area contributed by atoms with Crippen molar-refractivity contribution in [2.45, 2.75) is 25.7 Å². The van der Waals surface area contributed by atoms with E-state index in [-0.39, 0.29) is 0 Å². The molecule has 1 fully saturated rings. The number of aromatic nitrogens is 2. The Labute approximate surface area is 95.6 Å². The van der Waals surface area contributed by atoms with E-state index in [1.54, 1.807) is 7.11 Å². The molecule has 5 heteroatoms. The molecule has 1 aromatic heterocycles. The smallest absolute Gasteiger partial charge is 0.242 e. The number of hydrogen-bond donors (Lipinski definition) is 1. The van der Waals surface area contributed by atoms with Gasteiger partial charge >= 0.3 is 0 Å². The van der Waals surface area contributed by atoms with Crippen LogP contribution >= 0.6 is 0 Å². The van der Waals surface area contributed by atoms with Gasteiger partial charge in [-0.2, -0.15) is 4.98 Å². The Morgan fingerprint density at radius 2 is 1.88 bits per heavy atom. The summed E-state index contributed by atoms with van der Waals surface area (Å²) in [6.45, 7) is 2.04. The molecule has 1 saturated heterocycles. The van der Waals surface area contributed by atoms with E-state index in [4.69, 9.17) is 10.5 Å². The van der Waals surface area contributed by atoms with Gasteiger partial charge in [-0.15, -0.1) is 0 Å². The molecule has 1 aliphatic heterocycles. The van der Waals surface area contributed by atoms with E-state index in [9.17, 15) is 0 Å². The van der Waals surface area contributed by atoms with Crippen molar-refractivity contribution in [3.05, 3.63) is 6.33 Å². The number of hydrogen-bond acceptors (Lipinski definition) is 5. The van der Waals surface area contributed by atoms with Crippen molar-refractivity contribution >= 4 is 11.5 Å². The highest BCUT2D eigenvalue weighted by Crippen LogP contribution is 2.28. The summed E-state index contributed by atoms with van der Waals surface area (Å²) in [6, 6.07) is 0. The molecule has 0 aliphatic carbocycles. The van der Waals surface area contributed by atoms with E-state index >= 15 is 0 Å². The van der Waals surface area contributed by atoms with Gasteiger partial charge in [0.15, 0.2) is 5.82 Å². The van der Waals surface area contributed by atoms with Gasteiger partial charge in [0.2, 0.25) is 5.88 Å². The molecule has 0 atom stereocenters. The fourth-order valence-corrected chi connectivity index (χ4v) is 2.07. The van der Waals surface area contributed by atoms with E-state index in [0.29, 0.717) is 11.6 Å². The van der Waals surface area contributed by atoms with Crippen LogP contribution in [0.15, 0.2) is 6.33 Å². The molecule has 2 rings (SSSR count). The largest absolute Gasteiger partial charge is 0.479 e. The maximum Gasteiger partial charge on any atom is 0.242 e. The van der Waals surface area contributed by atoms with E-state index in [1.165, 1.54) is 32.0 Å². The standard InChI is InChI=1S/C11H18N4O/c1-16-11-9(12)10(13-8-14-11)15-6-4-2-3-5-7-15/h8H,2-7,12H2,1H3. The number of anilines is 2. The zero-order valence-electron chi connectivity index (χ0n) is 9.65. The van der Waals surface area contributed by atoms with Crippen LogP contribution in [0.4, 0.5) is 11.5 Å². The van der Waals surface area contributed by atoms with Crippen LogP contribution in [-0.2, 0) is 0 Å². The van der Waals surface area contributed by atoms with Crippen LogP contribution in [-0.4, -0.2) is 30.2 Å². The summed E-state index contributed by atoms with van der Waals surface area (Å²) in [5.41, 5.74) is 6.53. The van der Waals surface area contributed by atoms with E-state index in [1.807, 2.05) is 0 Å². The molecule has 1 aliphatic rings. The highest BCUT2D eigenvalue weighted by atomic mass is 16.5. The topological polar surface area (TPSA) is 64.3 Å². The highest BCUT2D eigenvalue weighted by Gasteiger charge is 2.16. The van der Waals surface area contributed by atoms with Crippen LogP contribution in [0, 0.1) is 0 Å². The highest BCUT2D eigenvalue weighted by molar-refractivity contribution is 5.67. The zero-order chi connectivity index (χ0) is 11.4. The van der Waals surface area contributed by atoms with E-state index in [2.05, 4.69) is 14.9 Å². The van der Waals surface area contributed by atoms with Crippen LogP contribution in [0.2, 0.25) is 0 Å². The van der Waals surface area contributed by atoms with Crippen molar-refractivity contribution in [3.63, 3.8) is 0 Å². The van der Waals surface area contributed by atoms with Gasteiger partial charge in [0.25, 0.3) is 0 Å². The lowest BCUT2D eigenvalue weighted by Gasteiger charge is -2.22. The SMILES string of the molecule is COc1ncnc(N2CCCCCC2)c1N.